The molecule has 0 saturated carbocycles. The van der Waals surface area contributed by atoms with Crippen molar-refractivity contribution in [2.24, 2.45) is 0 Å². The van der Waals surface area contributed by atoms with Gasteiger partial charge in [-0.15, -0.1) is 0 Å². The van der Waals surface area contributed by atoms with E-state index in [2.05, 4.69) is 17.0 Å². The van der Waals surface area contributed by atoms with Crippen LogP contribution in [0.15, 0.2) is 0 Å². The second-order valence-corrected chi connectivity index (χ2v) is 4.66. The van der Waals surface area contributed by atoms with E-state index < -0.39 is 0 Å². The molecule has 88 valence electrons. The van der Waals surface area contributed by atoms with Gasteiger partial charge in [-0.3, -0.25) is 4.79 Å². The number of amides is 1. The molecule has 0 aliphatic rings. The minimum absolute atomic E-state index is 0.164. The van der Waals surface area contributed by atoms with Crippen LogP contribution in [0.2, 0.25) is 0 Å². The normalized spacial score (nSPS) is 9.73. The van der Waals surface area contributed by atoms with Gasteiger partial charge in [-0.25, -0.2) is 0 Å². The van der Waals surface area contributed by atoms with Crippen molar-refractivity contribution in [3.8, 4) is 0 Å². The van der Waals surface area contributed by atoms with Crippen LogP contribution in [0.25, 0.3) is 0 Å². The van der Waals surface area contributed by atoms with Crippen molar-refractivity contribution in [3.05, 3.63) is 0 Å². The highest BCUT2D eigenvalue weighted by Gasteiger charge is 2.06. The predicted molar refractivity (Wildman–Crippen MR) is 71.0 cm³/mol. The molecule has 15 heavy (non-hydrogen) atoms. The van der Waals surface area contributed by atoms with E-state index in [1.165, 1.54) is 31.2 Å². The molecular formula is C10H20N2OS2. The summed E-state index contributed by atoms with van der Waals surface area (Å²) in [6.45, 7) is 4.89. The summed E-state index contributed by atoms with van der Waals surface area (Å²) in [5.74, 6) is 0.728. The van der Waals surface area contributed by atoms with Gasteiger partial charge in [0, 0.05) is 12.3 Å². The van der Waals surface area contributed by atoms with Crippen molar-refractivity contribution in [1.29, 1.82) is 0 Å². The van der Waals surface area contributed by atoms with Crippen LogP contribution in [-0.4, -0.2) is 23.2 Å². The molecule has 2 N–H and O–H groups in total. The topological polar surface area (TPSA) is 41.1 Å². The van der Waals surface area contributed by atoms with E-state index in [1.807, 2.05) is 6.92 Å². The van der Waals surface area contributed by atoms with Crippen LogP contribution in [0.4, 0.5) is 0 Å². The zero-order valence-corrected chi connectivity index (χ0v) is 11.1. The molecule has 0 saturated heterocycles. The minimum atomic E-state index is -0.164. The average molecular weight is 248 g/mol. The van der Waals surface area contributed by atoms with Gasteiger partial charge < -0.3 is 10.0 Å². The Kier molecular flexibility index (Phi) is 10.0. The van der Waals surface area contributed by atoms with E-state index in [4.69, 9.17) is 12.2 Å². The van der Waals surface area contributed by atoms with Crippen LogP contribution >= 0.6 is 24.2 Å². The SMILES string of the molecule is CCCCCCNC(=O)C(=S)NSCC. The standard InChI is InChI=1S/C10H20N2OS2/c1-3-5-6-7-8-11-9(13)10(14)12-15-4-2/h3-8H2,1-2H3,(H,11,13)(H,12,14). The maximum atomic E-state index is 11.4. The number of rotatable bonds is 7. The van der Waals surface area contributed by atoms with Crippen molar-refractivity contribution in [3.63, 3.8) is 0 Å². The number of unbranched alkanes of at least 4 members (excludes halogenated alkanes) is 3. The Morgan fingerprint density at radius 2 is 2.00 bits per heavy atom. The molecule has 0 radical (unpaired) electrons. The van der Waals surface area contributed by atoms with E-state index in [9.17, 15) is 4.79 Å². The first-order valence-electron chi connectivity index (χ1n) is 5.42. The first kappa shape index (κ1) is 14.7. The first-order valence-corrected chi connectivity index (χ1v) is 6.81. The highest BCUT2D eigenvalue weighted by Crippen LogP contribution is 1.97. The van der Waals surface area contributed by atoms with Gasteiger partial charge in [0.1, 0.15) is 0 Å². The van der Waals surface area contributed by atoms with Crippen molar-refractivity contribution in [1.82, 2.24) is 10.0 Å². The number of hydrogen-bond donors (Lipinski definition) is 2. The lowest BCUT2D eigenvalue weighted by molar-refractivity contribution is -0.114. The van der Waals surface area contributed by atoms with Crippen LogP contribution in [0.3, 0.4) is 0 Å². The Labute approximate surface area is 102 Å². The molecular weight excluding hydrogens is 228 g/mol. The summed E-state index contributed by atoms with van der Waals surface area (Å²) < 4.78 is 2.82. The molecule has 0 aromatic carbocycles. The van der Waals surface area contributed by atoms with Gasteiger partial charge >= 0.3 is 0 Å². The van der Waals surface area contributed by atoms with Crippen LogP contribution in [-0.2, 0) is 4.79 Å². The Bertz CT molecular complexity index is 198. The molecule has 0 fully saturated rings. The summed E-state index contributed by atoms with van der Waals surface area (Å²) in [6, 6.07) is 0. The molecule has 0 rings (SSSR count). The summed E-state index contributed by atoms with van der Waals surface area (Å²) in [5.41, 5.74) is 0. The molecule has 1 amide bonds. The third-order valence-electron chi connectivity index (χ3n) is 1.83. The summed E-state index contributed by atoms with van der Waals surface area (Å²) in [5, 5.41) is 2.79. The molecule has 0 aliphatic heterocycles. The van der Waals surface area contributed by atoms with Crippen molar-refractivity contribution < 1.29 is 4.79 Å². The van der Waals surface area contributed by atoms with E-state index in [-0.39, 0.29) is 10.9 Å². The van der Waals surface area contributed by atoms with Crippen molar-refractivity contribution >= 4 is 35.1 Å². The number of nitrogens with one attached hydrogen (secondary N) is 2. The van der Waals surface area contributed by atoms with Crippen molar-refractivity contribution in [2.75, 3.05) is 12.3 Å². The molecule has 0 unspecified atom stereocenters. The third kappa shape index (κ3) is 8.69. The van der Waals surface area contributed by atoms with Crippen LogP contribution in [0, 0.1) is 0 Å². The maximum absolute atomic E-state index is 11.4. The van der Waals surface area contributed by atoms with Gasteiger partial charge in [0.15, 0.2) is 4.99 Å². The molecule has 0 bridgehead atoms. The molecule has 5 heteroatoms. The number of thiocarbonyl (C=S) groups is 1. The van der Waals surface area contributed by atoms with E-state index >= 15 is 0 Å². The maximum Gasteiger partial charge on any atom is 0.279 e. The molecule has 3 nitrogen and oxygen atoms in total. The van der Waals surface area contributed by atoms with E-state index in [0.717, 1.165) is 18.7 Å². The van der Waals surface area contributed by atoms with Crippen LogP contribution in [0.1, 0.15) is 39.5 Å². The second-order valence-electron chi connectivity index (χ2n) is 3.18. The monoisotopic (exact) mass is 248 g/mol. The first-order chi connectivity index (χ1) is 7.22. The Morgan fingerprint density at radius 3 is 2.60 bits per heavy atom. The number of hydrogen-bond acceptors (Lipinski definition) is 3. The molecule has 0 aromatic rings. The fraction of sp³-hybridized carbons (Fsp3) is 0.800. The van der Waals surface area contributed by atoms with Crippen LogP contribution < -0.4 is 10.0 Å². The zero-order valence-electron chi connectivity index (χ0n) is 9.47. The van der Waals surface area contributed by atoms with Crippen LogP contribution in [0.5, 0.6) is 0 Å². The van der Waals surface area contributed by atoms with E-state index in [0.29, 0.717) is 0 Å². The summed E-state index contributed by atoms with van der Waals surface area (Å²) >= 11 is 6.34. The average Bonchev–Trinajstić information content (AvgIpc) is 2.25. The lowest BCUT2D eigenvalue weighted by Gasteiger charge is -2.06. The molecule has 0 aromatic heterocycles. The van der Waals surface area contributed by atoms with Gasteiger partial charge in [0.05, 0.1) is 0 Å². The minimum Gasteiger partial charge on any atom is -0.350 e. The molecule has 0 aliphatic carbocycles. The lowest BCUT2D eigenvalue weighted by Crippen LogP contribution is -2.36. The molecule has 0 atom stereocenters. The summed E-state index contributed by atoms with van der Waals surface area (Å²) in [6.07, 6.45) is 4.63. The number of carbonyl (C=O) groups excluding carboxylic acids is 1. The van der Waals surface area contributed by atoms with Crippen molar-refractivity contribution in [2.45, 2.75) is 39.5 Å². The van der Waals surface area contributed by atoms with Gasteiger partial charge in [0.25, 0.3) is 5.91 Å². The fourth-order valence-electron chi connectivity index (χ4n) is 1.02. The smallest absolute Gasteiger partial charge is 0.279 e. The predicted octanol–water partition coefficient (Wildman–Crippen LogP) is 2.27. The Balaban J connectivity index is 3.43. The van der Waals surface area contributed by atoms with Gasteiger partial charge in [-0.05, 0) is 6.42 Å². The lowest BCUT2D eigenvalue weighted by atomic mass is 10.2. The van der Waals surface area contributed by atoms with Gasteiger partial charge in [0.2, 0.25) is 0 Å². The summed E-state index contributed by atoms with van der Waals surface area (Å²) in [4.78, 5) is 11.6. The zero-order chi connectivity index (χ0) is 11.5. The highest BCUT2D eigenvalue weighted by atomic mass is 32.2. The number of carbonyl (C=O) groups is 1. The van der Waals surface area contributed by atoms with Gasteiger partial charge in [-0.2, -0.15) is 0 Å². The fourth-order valence-corrected chi connectivity index (χ4v) is 1.64. The molecule has 0 heterocycles. The van der Waals surface area contributed by atoms with Gasteiger partial charge in [-0.1, -0.05) is 57.3 Å². The quantitative estimate of drug-likeness (QED) is 0.412. The second kappa shape index (κ2) is 10.2. The Morgan fingerprint density at radius 1 is 1.27 bits per heavy atom. The summed E-state index contributed by atoms with van der Waals surface area (Å²) in [7, 11) is 0. The Hall–Kier alpha value is -0.290. The third-order valence-corrected chi connectivity index (χ3v) is 2.89. The highest BCUT2D eigenvalue weighted by molar-refractivity contribution is 7.99. The van der Waals surface area contributed by atoms with E-state index in [1.54, 1.807) is 0 Å². The molecule has 0 spiro atoms. The largest absolute Gasteiger partial charge is 0.350 e.